The van der Waals surface area contributed by atoms with E-state index in [0.29, 0.717) is 29.5 Å². The van der Waals surface area contributed by atoms with Crippen LogP contribution in [-0.2, 0) is 17.6 Å². The Morgan fingerprint density at radius 3 is 2.12 bits per heavy atom. The van der Waals surface area contributed by atoms with Gasteiger partial charge in [-0.3, -0.25) is 4.79 Å². The van der Waals surface area contributed by atoms with E-state index in [1.165, 1.54) is 18.4 Å². The van der Waals surface area contributed by atoms with Crippen LogP contribution in [0.5, 0.6) is 5.75 Å². The number of carboxylic acid groups (broad SMARTS) is 1. The number of carbonyl (C=O) groups is 2. The van der Waals surface area contributed by atoms with Gasteiger partial charge in [0.25, 0.3) is 0 Å². The van der Waals surface area contributed by atoms with Crippen molar-refractivity contribution in [1.29, 1.82) is 0 Å². The van der Waals surface area contributed by atoms with E-state index in [9.17, 15) is 14.7 Å². The molecule has 6 nitrogen and oxygen atoms in total. The predicted molar refractivity (Wildman–Crippen MR) is 166 cm³/mol. The van der Waals surface area contributed by atoms with Crippen LogP contribution >= 0.6 is 0 Å². The van der Waals surface area contributed by atoms with Gasteiger partial charge in [0.15, 0.2) is 5.78 Å². The number of ether oxygens (including phenoxy) is 1. The van der Waals surface area contributed by atoms with E-state index in [1.54, 1.807) is 36.4 Å². The van der Waals surface area contributed by atoms with Crippen LogP contribution in [0.2, 0.25) is 0 Å². The Labute approximate surface area is 247 Å². The first-order valence-electron chi connectivity index (χ1n) is 14.7. The summed E-state index contributed by atoms with van der Waals surface area (Å²) < 4.78 is 5.96. The molecule has 216 valence electrons. The topological polar surface area (TPSA) is 87.7 Å². The van der Waals surface area contributed by atoms with Gasteiger partial charge in [0.05, 0.1) is 6.61 Å². The molecule has 4 aromatic carbocycles. The molecule has 6 heteroatoms. The highest BCUT2D eigenvalue weighted by atomic mass is 16.5. The third-order valence-corrected chi connectivity index (χ3v) is 7.68. The summed E-state index contributed by atoms with van der Waals surface area (Å²) in [5, 5.41) is 16.8. The summed E-state index contributed by atoms with van der Waals surface area (Å²) >= 11 is 0. The fraction of sp³-hybridized carbons (Fsp3) is 0.278. The third-order valence-electron chi connectivity index (χ3n) is 7.68. The number of hydrogen-bond donors (Lipinski definition) is 3. The summed E-state index contributed by atoms with van der Waals surface area (Å²) in [6.07, 6.45) is 4.85. The predicted octanol–water partition coefficient (Wildman–Crippen LogP) is 6.41. The number of hydrogen-bond acceptors (Lipinski definition) is 5. The highest BCUT2D eigenvalue weighted by Crippen LogP contribution is 2.34. The van der Waals surface area contributed by atoms with Gasteiger partial charge in [0.1, 0.15) is 11.8 Å². The van der Waals surface area contributed by atoms with E-state index in [2.05, 4.69) is 41.0 Å². The first kappa shape index (κ1) is 29.1. The molecule has 2 atom stereocenters. The summed E-state index contributed by atoms with van der Waals surface area (Å²) in [5.41, 5.74) is 3.74. The highest BCUT2D eigenvalue weighted by Gasteiger charge is 2.30. The Hall–Kier alpha value is -4.42. The lowest BCUT2D eigenvalue weighted by Gasteiger charge is -2.19. The Morgan fingerprint density at radius 2 is 1.43 bits per heavy atom. The van der Waals surface area contributed by atoms with Gasteiger partial charge in [0.2, 0.25) is 0 Å². The van der Waals surface area contributed by atoms with Crippen LogP contribution in [0.15, 0.2) is 109 Å². The standard InChI is InChI=1S/C36H38N2O4/c39-35(29-12-5-2-6-13-29)31-14-7-8-15-32(31)38-34(36(40)41)25-27-16-20-30(21-17-27)42-23-9-22-37-33(28-18-19-28)24-26-10-3-1-4-11-26/h1-8,10-17,20-21,28,33-34,37-38H,9,18-19,22-25H2,(H,40,41)/t33?,34-/m0/s1. The molecule has 0 saturated heterocycles. The number of carboxylic acids is 1. The van der Waals surface area contributed by atoms with Crippen LogP contribution in [0.3, 0.4) is 0 Å². The molecular weight excluding hydrogens is 524 g/mol. The normalized spacial score (nSPS) is 14.1. The van der Waals surface area contributed by atoms with Crippen LogP contribution in [-0.4, -0.2) is 42.1 Å². The minimum absolute atomic E-state index is 0.154. The molecule has 1 aliphatic rings. The molecule has 0 aliphatic heterocycles. The fourth-order valence-corrected chi connectivity index (χ4v) is 5.22. The average molecular weight is 563 g/mol. The molecule has 0 spiro atoms. The number of carbonyl (C=O) groups excluding carboxylic acids is 1. The van der Waals surface area contributed by atoms with Crippen molar-refractivity contribution in [2.75, 3.05) is 18.5 Å². The van der Waals surface area contributed by atoms with E-state index < -0.39 is 12.0 Å². The molecule has 0 aromatic heterocycles. The van der Waals surface area contributed by atoms with E-state index >= 15 is 0 Å². The highest BCUT2D eigenvalue weighted by molar-refractivity contribution is 6.12. The first-order valence-corrected chi connectivity index (χ1v) is 14.7. The van der Waals surface area contributed by atoms with Gasteiger partial charge in [-0.05, 0) is 73.5 Å². The van der Waals surface area contributed by atoms with Crippen molar-refractivity contribution < 1.29 is 19.4 Å². The molecule has 5 rings (SSSR count). The van der Waals surface area contributed by atoms with Crippen molar-refractivity contribution >= 4 is 17.4 Å². The number of para-hydroxylation sites is 1. The second kappa shape index (κ2) is 14.5. The molecule has 0 amide bonds. The van der Waals surface area contributed by atoms with Crippen molar-refractivity contribution in [3.63, 3.8) is 0 Å². The summed E-state index contributed by atoms with van der Waals surface area (Å²) in [6.45, 7) is 1.52. The SMILES string of the molecule is O=C(c1ccccc1)c1ccccc1N[C@@H](Cc1ccc(OCCCNC(Cc2ccccc2)C2CC2)cc1)C(=O)O. The monoisotopic (exact) mass is 562 g/mol. The smallest absolute Gasteiger partial charge is 0.326 e. The van der Waals surface area contributed by atoms with Crippen molar-refractivity contribution in [2.45, 2.75) is 44.2 Å². The molecule has 0 heterocycles. The van der Waals surface area contributed by atoms with E-state index in [1.807, 2.05) is 42.5 Å². The van der Waals surface area contributed by atoms with Gasteiger partial charge in [-0.25, -0.2) is 4.79 Å². The zero-order valence-electron chi connectivity index (χ0n) is 23.7. The molecule has 3 N–H and O–H groups in total. The molecule has 0 radical (unpaired) electrons. The molecule has 1 unspecified atom stereocenters. The van der Waals surface area contributed by atoms with Crippen LogP contribution < -0.4 is 15.4 Å². The maximum atomic E-state index is 13.1. The second-order valence-corrected chi connectivity index (χ2v) is 10.9. The third kappa shape index (κ3) is 8.30. The number of benzene rings is 4. The molecule has 0 bridgehead atoms. The number of ketones is 1. The molecular formula is C36H38N2O4. The minimum Gasteiger partial charge on any atom is -0.494 e. The first-order chi connectivity index (χ1) is 20.6. The maximum Gasteiger partial charge on any atom is 0.326 e. The average Bonchev–Trinajstić information content (AvgIpc) is 3.87. The summed E-state index contributed by atoms with van der Waals surface area (Å²) in [7, 11) is 0. The van der Waals surface area contributed by atoms with Gasteiger partial charge in [-0.2, -0.15) is 0 Å². The van der Waals surface area contributed by atoms with Crippen LogP contribution in [0, 0.1) is 5.92 Å². The molecule has 1 aliphatic carbocycles. The summed E-state index contributed by atoms with van der Waals surface area (Å²) in [6, 6.07) is 33.9. The maximum absolute atomic E-state index is 13.1. The summed E-state index contributed by atoms with van der Waals surface area (Å²) in [5.74, 6) is 0.404. The van der Waals surface area contributed by atoms with Crippen LogP contribution in [0.25, 0.3) is 0 Å². The zero-order valence-corrected chi connectivity index (χ0v) is 23.7. The van der Waals surface area contributed by atoms with Gasteiger partial charge in [0, 0.05) is 29.3 Å². The van der Waals surface area contributed by atoms with Crippen molar-refractivity contribution in [3.05, 3.63) is 131 Å². The van der Waals surface area contributed by atoms with Crippen molar-refractivity contribution in [3.8, 4) is 5.75 Å². The molecule has 42 heavy (non-hydrogen) atoms. The van der Waals surface area contributed by atoms with E-state index in [4.69, 9.17) is 4.74 Å². The lowest BCUT2D eigenvalue weighted by atomic mass is 10.00. The Balaban J connectivity index is 1.10. The van der Waals surface area contributed by atoms with E-state index in [-0.39, 0.29) is 12.2 Å². The van der Waals surface area contributed by atoms with Crippen molar-refractivity contribution in [2.24, 2.45) is 5.92 Å². The molecule has 1 fully saturated rings. The van der Waals surface area contributed by atoms with Gasteiger partial charge < -0.3 is 20.5 Å². The Bertz CT molecular complexity index is 1440. The molecule has 4 aromatic rings. The zero-order chi connectivity index (χ0) is 29.1. The number of rotatable bonds is 16. The second-order valence-electron chi connectivity index (χ2n) is 10.9. The largest absolute Gasteiger partial charge is 0.494 e. The molecule has 1 saturated carbocycles. The Kier molecular flexibility index (Phi) is 10.0. The number of aliphatic carboxylic acids is 1. The van der Waals surface area contributed by atoms with Gasteiger partial charge in [-0.1, -0.05) is 84.9 Å². The van der Waals surface area contributed by atoms with Crippen molar-refractivity contribution in [1.82, 2.24) is 5.32 Å². The van der Waals surface area contributed by atoms with Gasteiger partial charge in [-0.15, -0.1) is 0 Å². The fourth-order valence-electron chi connectivity index (χ4n) is 5.22. The lowest BCUT2D eigenvalue weighted by Crippen LogP contribution is -2.34. The quantitative estimate of drug-likeness (QED) is 0.108. The number of anilines is 1. The van der Waals surface area contributed by atoms with Crippen LogP contribution in [0.4, 0.5) is 5.69 Å². The minimum atomic E-state index is -0.985. The number of nitrogens with one attached hydrogen (secondary N) is 2. The lowest BCUT2D eigenvalue weighted by molar-refractivity contribution is -0.137. The Morgan fingerprint density at radius 1 is 0.786 bits per heavy atom. The van der Waals surface area contributed by atoms with Gasteiger partial charge >= 0.3 is 5.97 Å². The van der Waals surface area contributed by atoms with E-state index in [0.717, 1.165) is 36.6 Å². The summed E-state index contributed by atoms with van der Waals surface area (Å²) in [4.78, 5) is 25.2. The van der Waals surface area contributed by atoms with Crippen LogP contribution in [0.1, 0.15) is 46.3 Å².